The summed E-state index contributed by atoms with van der Waals surface area (Å²) >= 11 is 5.85. The minimum Gasteiger partial charge on any atom is -0.366 e. The Morgan fingerprint density at radius 1 is 1.04 bits per heavy atom. The summed E-state index contributed by atoms with van der Waals surface area (Å²) in [4.78, 5) is 16.5. The van der Waals surface area contributed by atoms with Crippen LogP contribution in [0.2, 0.25) is 5.02 Å². The summed E-state index contributed by atoms with van der Waals surface area (Å²) in [6.45, 7) is 0.686. The molecule has 1 amide bonds. The van der Waals surface area contributed by atoms with Crippen LogP contribution in [-0.2, 0) is 13.1 Å². The minimum atomic E-state index is -0.281. The monoisotopic (exact) mass is 369 g/mol. The SMILES string of the molecule is O=C(NCc1ccc(Cl)cc1)c1ccnc(NCc2ccccc2F)c1. The molecule has 1 aromatic heterocycles. The molecule has 6 heteroatoms. The van der Waals surface area contributed by atoms with E-state index < -0.39 is 0 Å². The van der Waals surface area contributed by atoms with Gasteiger partial charge in [-0.2, -0.15) is 0 Å². The number of carbonyl (C=O) groups is 1. The summed E-state index contributed by atoms with van der Waals surface area (Å²) in [5, 5.41) is 6.53. The van der Waals surface area contributed by atoms with E-state index in [2.05, 4.69) is 15.6 Å². The first-order valence-corrected chi connectivity index (χ1v) is 8.45. The highest BCUT2D eigenvalue weighted by molar-refractivity contribution is 6.30. The number of benzene rings is 2. The van der Waals surface area contributed by atoms with Gasteiger partial charge in [-0.1, -0.05) is 41.9 Å². The maximum Gasteiger partial charge on any atom is 0.251 e. The predicted molar refractivity (Wildman–Crippen MR) is 101 cm³/mol. The van der Waals surface area contributed by atoms with E-state index in [1.54, 1.807) is 48.7 Å². The van der Waals surface area contributed by atoms with Crippen molar-refractivity contribution in [1.82, 2.24) is 10.3 Å². The average Bonchev–Trinajstić information content (AvgIpc) is 2.67. The molecule has 0 aliphatic rings. The fourth-order valence-electron chi connectivity index (χ4n) is 2.38. The van der Waals surface area contributed by atoms with E-state index in [0.29, 0.717) is 28.5 Å². The van der Waals surface area contributed by atoms with Crippen molar-refractivity contribution in [2.75, 3.05) is 5.32 Å². The maximum atomic E-state index is 13.7. The number of amides is 1. The van der Waals surface area contributed by atoms with Crippen LogP contribution in [0.4, 0.5) is 10.2 Å². The van der Waals surface area contributed by atoms with Gasteiger partial charge in [0.25, 0.3) is 5.91 Å². The van der Waals surface area contributed by atoms with E-state index in [1.165, 1.54) is 6.07 Å². The quantitative estimate of drug-likeness (QED) is 0.676. The topological polar surface area (TPSA) is 54.0 Å². The normalized spacial score (nSPS) is 10.4. The Bertz CT molecular complexity index is 900. The molecule has 3 aromatic rings. The Kier molecular flexibility index (Phi) is 5.81. The lowest BCUT2D eigenvalue weighted by molar-refractivity contribution is 0.0951. The Balaban J connectivity index is 1.60. The molecule has 0 saturated heterocycles. The molecule has 0 bridgehead atoms. The third kappa shape index (κ3) is 4.80. The number of anilines is 1. The molecule has 0 unspecified atom stereocenters. The van der Waals surface area contributed by atoms with Gasteiger partial charge in [-0.25, -0.2) is 9.37 Å². The third-order valence-electron chi connectivity index (χ3n) is 3.81. The third-order valence-corrected chi connectivity index (χ3v) is 4.06. The van der Waals surface area contributed by atoms with Gasteiger partial charge in [-0.05, 0) is 35.9 Å². The van der Waals surface area contributed by atoms with Gasteiger partial charge >= 0.3 is 0 Å². The highest BCUT2D eigenvalue weighted by Gasteiger charge is 2.07. The minimum absolute atomic E-state index is 0.212. The average molecular weight is 370 g/mol. The van der Waals surface area contributed by atoms with Crippen molar-refractivity contribution >= 4 is 23.3 Å². The van der Waals surface area contributed by atoms with Gasteiger partial charge in [0, 0.05) is 35.4 Å². The molecule has 0 radical (unpaired) electrons. The van der Waals surface area contributed by atoms with Crippen molar-refractivity contribution in [3.8, 4) is 0 Å². The zero-order chi connectivity index (χ0) is 18.4. The molecule has 0 fully saturated rings. The number of nitrogens with one attached hydrogen (secondary N) is 2. The van der Waals surface area contributed by atoms with Crippen molar-refractivity contribution in [1.29, 1.82) is 0 Å². The zero-order valence-corrected chi connectivity index (χ0v) is 14.6. The Labute approximate surface area is 156 Å². The number of carbonyl (C=O) groups excluding carboxylic acids is 1. The van der Waals surface area contributed by atoms with Crippen molar-refractivity contribution in [2.24, 2.45) is 0 Å². The summed E-state index contributed by atoms with van der Waals surface area (Å²) < 4.78 is 13.7. The first kappa shape index (κ1) is 17.9. The highest BCUT2D eigenvalue weighted by atomic mass is 35.5. The molecule has 2 aromatic carbocycles. The van der Waals surface area contributed by atoms with Gasteiger partial charge in [-0.3, -0.25) is 4.79 Å². The lowest BCUT2D eigenvalue weighted by Crippen LogP contribution is -2.23. The molecular formula is C20H17ClFN3O. The number of nitrogens with zero attached hydrogens (tertiary/aromatic N) is 1. The molecule has 2 N–H and O–H groups in total. The smallest absolute Gasteiger partial charge is 0.251 e. The largest absolute Gasteiger partial charge is 0.366 e. The van der Waals surface area contributed by atoms with Crippen molar-refractivity contribution in [2.45, 2.75) is 13.1 Å². The fourth-order valence-corrected chi connectivity index (χ4v) is 2.51. The van der Waals surface area contributed by atoms with E-state index in [1.807, 2.05) is 12.1 Å². The molecule has 0 saturated carbocycles. The van der Waals surface area contributed by atoms with E-state index in [4.69, 9.17) is 11.6 Å². The van der Waals surface area contributed by atoms with Crippen LogP contribution in [0.5, 0.6) is 0 Å². The summed E-state index contributed by atoms with van der Waals surface area (Å²) in [6.07, 6.45) is 1.54. The van der Waals surface area contributed by atoms with Crippen molar-refractivity contribution < 1.29 is 9.18 Å². The number of aromatic nitrogens is 1. The zero-order valence-electron chi connectivity index (χ0n) is 13.9. The van der Waals surface area contributed by atoms with Gasteiger partial charge in [0.15, 0.2) is 0 Å². The molecular weight excluding hydrogens is 353 g/mol. The molecule has 0 spiro atoms. The molecule has 0 aliphatic heterocycles. The van der Waals surface area contributed by atoms with Crippen LogP contribution in [0.3, 0.4) is 0 Å². The molecule has 0 atom stereocenters. The number of halogens is 2. The molecule has 26 heavy (non-hydrogen) atoms. The Morgan fingerprint density at radius 3 is 2.58 bits per heavy atom. The number of hydrogen-bond donors (Lipinski definition) is 2. The number of pyridine rings is 1. The van der Waals surface area contributed by atoms with E-state index in [0.717, 1.165) is 5.56 Å². The molecule has 132 valence electrons. The van der Waals surface area contributed by atoms with E-state index in [-0.39, 0.29) is 18.3 Å². The van der Waals surface area contributed by atoms with Crippen molar-refractivity contribution in [3.63, 3.8) is 0 Å². The van der Waals surface area contributed by atoms with Crippen LogP contribution in [0.1, 0.15) is 21.5 Å². The van der Waals surface area contributed by atoms with Crippen LogP contribution in [0, 0.1) is 5.82 Å². The lowest BCUT2D eigenvalue weighted by atomic mass is 10.2. The van der Waals surface area contributed by atoms with Gasteiger partial charge in [0.1, 0.15) is 11.6 Å². The van der Waals surface area contributed by atoms with Crippen LogP contribution < -0.4 is 10.6 Å². The second-order valence-electron chi connectivity index (χ2n) is 5.68. The first-order valence-electron chi connectivity index (χ1n) is 8.08. The lowest BCUT2D eigenvalue weighted by Gasteiger charge is -2.09. The predicted octanol–water partition coefficient (Wildman–Crippen LogP) is 4.42. The number of rotatable bonds is 6. The summed E-state index contributed by atoms with van der Waals surface area (Å²) in [6, 6.07) is 17.1. The second kappa shape index (κ2) is 8.45. The van der Waals surface area contributed by atoms with Crippen LogP contribution in [0.15, 0.2) is 66.9 Å². The van der Waals surface area contributed by atoms with Crippen molar-refractivity contribution in [3.05, 3.63) is 94.4 Å². The molecule has 0 aliphatic carbocycles. The highest BCUT2D eigenvalue weighted by Crippen LogP contribution is 2.12. The van der Waals surface area contributed by atoms with Crippen LogP contribution in [-0.4, -0.2) is 10.9 Å². The molecule has 3 rings (SSSR count). The van der Waals surface area contributed by atoms with Crippen LogP contribution in [0.25, 0.3) is 0 Å². The second-order valence-corrected chi connectivity index (χ2v) is 6.12. The first-order chi connectivity index (χ1) is 12.6. The standard InChI is InChI=1S/C20H17ClFN3O/c21-17-7-5-14(6-8-17)12-25-20(26)15-9-10-23-19(11-15)24-13-16-3-1-2-4-18(16)22/h1-11H,12-13H2,(H,23,24)(H,25,26). The maximum absolute atomic E-state index is 13.7. The van der Waals surface area contributed by atoms with Gasteiger partial charge in [0.2, 0.25) is 0 Å². The van der Waals surface area contributed by atoms with Gasteiger partial charge in [0.05, 0.1) is 0 Å². The van der Waals surface area contributed by atoms with Gasteiger partial charge < -0.3 is 10.6 Å². The molecule has 1 heterocycles. The molecule has 4 nitrogen and oxygen atoms in total. The Morgan fingerprint density at radius 2 is 1.81 bits per heavy atom. The fraction of sp³-hybridized carbons (Fsp3) is 0.100. The summed E-state index contributed by atoms with van der Waals surface area (Å²) in [5.74, 6) is 0.0144. The number of hydrogen-bond acceptors (Lipinski definition) is 3. The summed E-state index contributed by atoms with van der Waals surface area (Å²) in [5.41, 5.74) is 1.96. The van der Waals surface area contributed by atoms with Gasteiger partial charge in [-0.15, -0.1) is 0 Å². The van der Waals surface area contributed by atoms with Crippen LogP contribution >= 0.6 is 11.6 Å². The van der Waals surface area contributed by atoms with E-state index >= 15 is 0 Å². The Hall–Kier alpha value is -2.92. The summed E-state index contributed by atoms with van der Waals surface area (Å²) in [7, 11) is 0. The van der Waals surface area contributed by atoms with E-state index in [9.17, 15) is 9.18 Å².